The highest BCUT2D eigenvalue weighted by Gasteiger charge is 2.35. The molecule has 2 aromatic heterocycles. The van der Waals surface area contributed by atoms with Crippen molar-refractivity contribution in [3.05, 3.63) is 34.4 Å². The van der Waals surface area contributed by atoms with E-state index < -0.39 is 18.1 Å². The SMILES string of the molecule is CCCCCCN(C)C(=O)c1cc2c(cc1N1C[C@H](O)[C@@H](O)C1)n(CCO)c(CNC(=O)c1nc(Cl)c(N)nc1N)[n+]2CC. The van der Waals surface area contributed by atoms with Crippen molar-refractivity contribution in [1.82, 2.24) is 24.8 Å². The number of hydrogen-bond donors (Lipinski definition) is 6. The largest absolute Gasteiger partial charge is 0.392 e. The Morgan fingerprint density at radius 2 is 1.82 bits per heavy atom. The van der Waals surface area contributed by atoms with E-state index in [1.165, 1.54) is 0 Å². The molecule has 3 heterocycles. The van der Waals surface area contributed by atoms with Gasteiger partial charge >= 0.3 is 0 Å². The van der Waals surface area contributed by atoms with Crippen molar-refractivity contribution in [2.24, 2.45) is 0 Å². The molecular formula is C29H43ClN9O5+. The molecule has 1 aliphatic heterocycles. The second-order valence-corrected chi connectivity index (χ2v) is 11.4. The number of carbonyl (C=O) groups is 2. The summed E-state index contributed by atoms with van der Waals surface area (Å²) in [4.78, 5) is 38.3. The molecule has 0 saturated carbocycles. The fourth-order valence-electron chi connectivity index (χ4n) is 5.65. The topological polar surface area (TPSA) is 200 Å². The predicted octanol–water partition coefficient (Wildman–Crippen LogP) is 0.673. The number of β-amino-alcohol motifs (C(OH)–C–C–N with tert-alkyl or cyclic N) is 2. The van der Waals surface area contributed by atoms with Crippen LogP contribution in [0.15, 0.2) is 12.1 Å². The summed E-state index contributed by atoms with van der Waals surface area (Å²) in [5.74, 6) is -0.371. The fourth-order valence-corrected chi connectivity index (χ4v) is 5.78. The summed E-state index contributed by atoms with van der Waals surface area (Å²) in [6, 6.07) is 3.67. The number of nitrogens with one attached hydrogen (secondary N) is 1. The van der Waals surface area contributed by atoms with Crippen molar-refractivity contribution in [2.75, 3.05) is 49.7 Å². The zero-order chi connectivity index (χ0) is 32.1. The molecule has 0 bridgehead atoms. The van der Waals surface area contributed by atoms with Crippen LogP contribution in [0.1, 0.15) is 66.2 Å². The van der Waals surface area contributed by atoms with E-state index in [1.54, 1.807) is 11.9 Å². The van der Waals surface area contributed by atoms with Gasteiger partial charge in [-0.2, -0.15) is 0 Å². The summed E-state index contributed by atoms with van der Waals surface area (Å²) in [5.41, 5.74) is 13.8. The van der Waals surface area contributed by atoms with Crippen molar-refractivity contribution >= 4 is 51.8 Å². The number of anilines is 3. The third kappa shape index (κ3) is 6.83. The molecule has 0 aliphatic carbocycles. The number of unbranched alkanes of at least 4 members (excludes halogenated alkanes) is 3. The van der Waals surface area contributed by atoms with Gasteiger partial charge < -0.3 is 41.9 Å². The Kier molecular flexibility index (Phi) is 10.8. The first-order chi connectivity index (χ1) is 21.0. The van der Waals surface area contributed by atoms with Crippen LogP contribution < -0.4 is 26.3 Å². The number of hydrogen-bond acceptors (Lipinski definition) is 10. The van der Waals surface area contributed by atoms with Crippen molar-refractivity contribution in [3.8, 4) is 0 Å². The van der Waals surface area contributed by atoms with Gasteiger partial charge in [0.1, 0.15) is 13.1 Å². The number of halogens is 1. The summed E-state index contributed by atoms with van der Waals surface area (Å²) in [7, 11) is 1.78. The van der Waals surface area contributed by atoms with Gasteiger partial charge in [0.05, 0.1) is 36.6 Å². The second-order valence-electron chi connectivity index (χ2n) is 11.0. The van der Waals surface area contributed by atoms with E-state index in [2.05, 4.69) is 22.2 Å². The minimum Gasteiger partial charge on any atom is -0.392 e. The fraction of sp³-hybridized carbons (Fsp3) is 0.552. The molecule has 1 aromatic carbocycles. The number of benzene rings is 1. The number of amides is 2. The van der Waals surface area contributed by atoms with Gasteiger partial charge in [0.25, 0.3) is 17.6 Å². The number of nitrogens with zero attached hydrogens (tertiary/aromatic N) is 6. The summed E-state index contributed by atoms with van der Waals surface area (Å²) in [6.07, 6.45) is 2.20. The van der Waals surface area contributed by atoms with Crippen LogP contribution >= 0.6 is 11.6 Å². The Morgan fingerprint density at radius 1 is 1.11 bits per heavy atom. The summed E-state index contributed by atoms with van der Waals surface area (Å²) in [5, 5.41) is 33.4. The molecule has 1 fully saturated rings. The standard InChI is InChI=1S/C29H42ClN9O5/c1-4-6-7-8-9-36(3)29(44)17-12-19-20(13-18(17)37-15-21(41)22(42)16-37)39(10-11-40)23(38(19)5-2)14-33-28(43)24-26(31)35-27(32)25(30)34-24/h12-13,21-22,40-42H,4-11,14-16H2,1-3H3,(H4-,31,32,33,35,43)/p+1/t21-,22-/m0/s1. The second kappa shape index (κ2) is 14.4. The number of fused-ring (bicyclic) bond motifs is 1. The van der Waals surface area contributed by atoms with Crippen LogP contribution in [0, 0.1) is 0 Å². The Labute approximate surface area is 261 Å². The van der Waals surface area contributed by atoms with E-state index in [1.807, 2.05) is 33.1 Å². The first-order valence-corrected chi connectivity index (χ1v) is 15.3. The Balaban J connectivity index is 1.78. The molecule has 4 rings (SSSR count). The zero-order valence-electron chi connectivity index (χ0n) is 25.5. The van der Waals surface area contributed by atoms with Crippen LogP contribution in [0.5, 0.6) is 0 Å². The summed E-state index contributed by atoms with van der Waals surface area (Å²) in [6.45, 7) is 5.56. The van der Waals surface area contributed by atoms with Gasteiger partial charge in [-0.15, -0.1) is 0 Å². The Bertz CT molecular complexity index is 1500. The minimum atomic E-state index is -0.951. The molecule has 3 aromatic rings. The van der Waals surface area contributed by atoms with Crippen LogP contribution in [0.2, 0.25) is 5.15 Å². The van der Waals surface area contributed by atoms with Gasteiger partial charge in [-0.05, 0) is 13.3 Å². The van der Waals surface area contributed by atoms with Crippen LogP contribution in [-0.2, 0) is 19.6 Å². The molecule has 14 nitrogen and oxygen atoms in total. The molecule has 0 spiro atoms. The van der Waals surface area contributed by atoms with E-state index in [9.17, 15) is 24.9 Å². The monoisotopic (exact) mass is 632 g/mol. The summed E-state index contributed by atoms with van der Waals surface area (Å²) >= 11 is 5.97. The molecule has 2 amide bonds. The molecule has 15 heteroatoms. The van der Waals surface area contributed by atoms with Gasteiger partial charge in [-0.3, -0.25) is 9.59 Å². The molecular weight excluding hydrogens is 590 g/mol. The van der Waals surface area contributed by atoms with Crippen LogP contribution in [0.4, 0.5) is 17.3 Å². The van der Waals surface area contributed by atoms with E-state index in [4.69, 9.17) is 23.1 Å². The maximum Gasteiger partial charge on any atom is 0.277 e. The zero-order valence-corrected chi connectivity index (χ0v) is 26.2. The van der Waals surface area contributed by atoms with E-state index >= 15 is 0 Å². The maximum atomic E-state index is 13.9. The highest BCUT2D eigenvalue weighted by molar-refractivity contribution is 6.31. The highest BCUT2D eigenvalue weighted by atomic mass is 35.5. The van der Waals surface area contributed by atoms with Gasteiger partial charge in [0, 0.05) is 38.8 Å². The molecule has 0 unspecified atom stereocenters. The number of aryl methyl sites for hydroxylation is 1. The van der Waals surface area contributed by atoms with Crippen LogP contribution in [0.3, 0.4) is 0 Å². The molecule has 0 radical (unpaired) electrons. The lowest BCUT2D eigenvalue weighted by molar-refractivity contribution is -0.676. The first kappa shape index (κ1) is 33.2. The van der Waals surface area contributed by atoms with Crippen LogP contribution in [-0.4, -0.2) is 92.1 Å². The Morgan fingerprint density at radius 3 is 2.45 bits per heavy atom. The number of aromatic nitrogens is 4. The third-order valence-electron chi connectivity index (χ3n) is 7.99. The number of aliphatic hydroxyl groups excluding tert-OH is 3. The predicted molar refractivity (Wildman–Crippen MR) is 167 cm³/mol. The number of rotatable bonds is 13. The van der Waals surface area contributed by atoms with Crippen molar-refractivity contribution in [1.29, 1.82) is 0 Å². The van der Waals surface area contributed by atoms with E-state index in [0.29, 0.717) is 35.7 Å². The molecule has 240 valence electrons. The highest BCUT2D eigenvalue weighted by Crippen LogP contribution is 2.31. The number of nitrogens with two attached hydrogens (primary N) is 2. The third-order valence-corrected chi connectivity index (χ3v) is 8.27. The average molecular weight is 633 g/mol. The molecule has 44 heavy (non-hydrogen) atoms. The van der Waals surface area contributed by atoms with Gasteiger partial charge in [-0.25, -0.2) is 19.1 Å². The molecule has 1 aliphatic rings. The van der Waals surface area contributed by atoms with Crippen molar-refractivity contribution in [3.63, 3.8) is 0 Å². The first-order valence-electron chi connectivity index (χ1n) is 14.9. The average Bonchev–Trinajstić information content (AvgIpc) is 3.49. The quantitative estimate of drug-likeness (QED) is 0.115. The number of carbonyl (C=O) groups excluding carboxylic acids is 2. The van der Waals surface area contributed by atoms with Crippen molar-refractivity contribution < 1.29 is 29.5 Å². The van der Waals surface area contributed by atoms with E-state index in [0.717, 1.165) is 31.2 Å². The number of nitrogen functional groups attached to an aromatic ring is 2. The summed E-state index contributed by atoms with van der Waals surface area (Å²) < 4.78 is 3.84. The van der Waals surface area contributed by atoms with Gasteiger partial charge in [-0.1, -0.05) is 37.8 Å². The lowest BCUT2D eigenvalue weighted by atomic mass is 10.1. The van der Waals surface area contributed by atoms with Crippen LogP contribution in [0.25, 0.3) is 11.0 Å². The number of imidazole rings is 1. The lowest BCUT2D eigenvalue weighted by Crippen LogP contribution is -2.41. The molecule has 2 atom stereocenters. The lowest BCUT2D eigenvalue weighted by Gasteiger charge is -2.24. The van der Waals surface area contributed by atoms with Gasteiger partial charge in [0.15, 0.2) is 33.5 Å². The molecule has 1 saturated heterocycles. The van der Waals surface area contributed by atoms with Gasteiger partial charge in [0.2, 0.25) is 0 Å². The van der Waals surface area contributed by atoms with E-state index in [-0.39, 0.29) is 61.2 Å². The minimum absolute atomic E-state index is 0.0293. The maximum absolute atomic E-state index is 13.9. The Hall–Kier alpha value is -3.72. The number of aliphatic hydroxyl groups is 3. The molecule has 8 N–H and O–H groups in total. The smallest absolute Gasteiger partial charge is 0.277 e. The van der Waals surface area contributed by atoms with Crippen molar-refractivity contribution in [2.45, 2.75) is 71.4 Å². The normalized spacial score (nSPS) is 16.6.